The van der Waals surface area contributed by atoms with Crippen molar-refractivity contribution in [3.63, 3.8) is 0 Å². The SMILES string of the molecule is COc1cc(C=C2CCN(C(C)c3ccc(F)cc3)S2(=O)=O)ccc1-n1cnc(C)c1. The number of sulfonamides is 1. The van der Waals surface area contributed by atoms with Crippen LogP contribution in [0.1, 0.15) is 36.2 Å². The van der Waals surface area contributed by atoms with Crippen molar-refractivity contribution in [2.75, 3.05) is 13.7 Å². The van der Waals surface area contributed by atoms with Crippen LogP contribution in [0.4, 0.5) is 4.39 Å². The van der Waals surface area contributed by atoms with Crippen molar-refractivity contribution in [2.24, 2.45) is 0 Å². The maximum absolute atomic E-state index is 13.2. The number of aryl methyl sites for hydroxylation is 1. The summed E-state index contributed by atoms with van der Waals surface area (Å²) in [5.41, 5.74) is 3.21. The summed E-state index contributed by atoms with van der Waals surface area (Å²) in [6, 6.07) is 11.1. The zero-order valence-corrected chi connectivity index (χ0v) is 18.4. The summed E-state index contributed by atoms with van der Waals surface area (Å²) in [5.74, 6) is 0.280. The predicted molar refractivity (Wildman–Crippen MR) is 118 cm³/mol. The molecule has 3 aromatic rings. The molecular weight excluding hydrogens is 417 g/mol. The van der Waals surface area contributed by atoms with Crippen molar-refractivity contribution >= 4 is 16.1 Å². The van der Waals surface area contributed by atoms with E-state index in [2.05, 4.69) is 4.98 Å². The Kier molecular flexibility index (Phi) is 5.68. The third-order valence-corrected chi connectivity index (χ3v) is 7.63. The normalized spacial score (nSPS) is 18.4. The Labute approximate surface area is 181 Å². The molecule has 8 heteroatoms. The highest BCUT2D eigenvalue weighted by atomic mass is 32.2. The van der Waals surface area contributed by atoms with Crippen LogP contribution in [-0.4, -0.2) is 35.9 Å². The summed E-state index contributed by atoms with van der Waals surface area (Å²) in [6.07, 6.45) is 5.71. The molecule has 6 nitrogen and oxygen atoms in total. The summed E-state index contributed by atoms with van der Waals surface area (Å²) >= 11 is 0. The molecule has 0 amide bonds. The molecule has 4 rings (SSSR count). The lowest BCUT2D eigenvalue weighted by Gasteiger charge is -2.23. The summed E-state index contributed by atoms with van der Waals surface area (Å²) in [5, 5.41) is 0. The Morgan fingerprint density at radius 3 is 2.58 bits per heavy atom. The zero-order chi connectivity index (χ0) is 22.2. The average Bonchev–Trinajstić information content (AvgIpc) is 3.30. The average molecular weight is 442 g/mol. The Hall–Kier alpha value is -2.97. The monoisotopic (exact) mass is 441 g/mol. The van der Waals surface area contributed by atoms with E-state index >= 15 is 0 Å². The maximum atomic E-state index is 13.2. The van der Waals surface area contributed by atoms with E-state index in [0.717, 1.165) is 22.5 Å². The minimum absolute atomic E-state index is 0.343. The van der Waals surface area contributed by atoms with Gasteiger partial charge < -0.3 is 9.30 Å². The fourth-order valence-corrected chi connectivity index (χ4v) is 5.62. The van der Waals surface area contributed by atoms with Crippen LogP contribution in [0.25, 0.3) is 11.8 Å². The Bertz CT molecular complexity index is 1230. The summed E-state index contributed by atoms with van der Waals surface area (Å²) < 4.78 is 48.4. The van der Waals surface area contributed by atoms with Gasteiger partial charge in [0.25, 0.3) is 0 Å². The summed E-state index contributed by atoms with van der Waals surface area (Å²) in [7, 11) is -2.04. The number of halogens is 1. The second kappa shape index (κ2) is 8.28. The van der Waals surface area contributed by atoms with E-state index in [0.29, 0.717) is 23.6 Å². The number of hydrogen-bond acceptors (Lipinski definition) is 4. The first-order valence-electron chi connectivity index (χ1n) is 9.96. The molecule has 0 spiro atoms. The molecule has 0 bridgehead atoms. The fraction of sp³-hybridized carbons (Fsp3) is 0.261. The van der Waals surface area contributed by atoms with Crippen molar-refractivity contribution in [3.8, 4) is 11.4 Å². The van der Waals surface area contributed by atoms with Gasteiger partial charge in [0.15, 0.2) is 0 Å². The van der Waals surface area contributed by atoms with Crippen LogP contribution in [-0.2, 0) is 10.0 Å². The smallest absolute Gasteiger partial charge is 0.239 e. The van der Waals surface area contributed by atoms with Gasteiger partial charge >= 0.3 is 0 Å². The standard InChI is InChI=1S/C23H24FN3O3S/c1-16-14-26(15-25-16)22-9-4-18(13-23(22)30-3)12-21-10-11-27(31(21,28)29)17(2)19-5-7-20(24)8-6-19/h4-9,12-15,17H,10-11H2,1-3H3. The highest BCUT2D eigenvalue weighted by Crippen LogP contribution is 2.36. The molecule has 1 fully saturated rings. The number of rotatable bonds is 5. The fourth-order valence-electron chi connectivity index (χ4n) is 3.81. The molecule has 0 saturated carbocycles. The quantitative estimate of drug-likeness (QED) is 0.586. The summed E-state index contributed by atoms with van der Waals surface area (Å²) in [6.45, 7) is 4.11. The van der Waals surface area contributed by atoms with Crippen molar-refractivity contribution in [3.05, 3.63) is 82.5 Å². The molecule has 1 saturated heterocycles. The van der Waals surface area contributed by atoms with Gasteiger partial charge in [-0.15, -0.1) is 0 Å². The van der Waals surface area contributed by atoms with Gasteiger partial charge in [-0.2, -0.15) is 4.31 Å². The van der Waals surface area contributed by atoms with Crippen molar-refractivity contribution in [1.82, 2.24) is 13.9 Å². The van der Waals surface area contributed by atoms with Gasteiger partial charge in [-0.1, -0.05) is 18.2 Å². The number of nitrogens with zero attached hydrogens (tertiary/aromatic N) is 3. The van der Waals surface area contributed by atoms with Crippen LogP contribution in [0.3, 0.4) is 0 Å². The zero-order valence-electron chi connectivity index (χ0n) is 17.6. The minimum Gasteiger partial charge on any atom is -0.495 e. The molecule has 1 unspecified atom stereocenters. The lowest BCUT2D eigenvalue weighted by molar-refractivity contribution is 0.368. The van der Waals surface area contributed by atoms with Crippen LogP contribution in [0.5, 0.6) is 5.75 Å². The topological polar surface area (TPSA) is 64.4 Å². The first kappa shape index (κ1) is 21.3. The van der Waals surface area contributed by atoms with E-state index in [1.165, 1.54) is 16.4 Å². The number of aromatic nitrogens is 2. The number of imidazole rings is 1. The lowest BCUT2D eigenvalue weighted by Crippen LogP contribution is -2.28. The number of ether oxygens (including phenoxy) is 1. The lowest BCUT2D eigenvalue weighted by atomic mass is 10.1. The van der Waals surface area contributed by atoms with Gasteiger partial charge in [0, 0.05) is 18.8 Å². The van der Waals surface area contributed by atoms with Crippen molar-refractivity contribution < 1.29 is 17.5 Å². The molecule has 1 aliphatic rings. The number of hydrogen-bond donors (Lipinski definition) is 0. The molecule has 2 aromatic carbocycles. The van der Waals surface area contributed by atoms with Crippen LogP contribution in [0.15, 0.2) is 59.9 Å². The Balaban J connectivity index is 1.62. The van der Waals surface area contributed by atoms with Gasteiger partial charge in [-0.05, 0) is 61.7 Å². The highest BCUT2D eigenvalue weighted by molar-refractivity contribution is 7.93. The van der Waals surface area contributed by atoms with E-state index in [-0.39, 0.29) is 11.9 Å². The van der Waals surface area contributed by atoms with Gasteiger partial charge in [-0.25, -0.2) is 17.8 Å². The maximum Gasteiger partial charge on any atom is 0.239 e. The predicted octanol–water partition coefficient (Wildman–Crippen LogP) is 4.47. The van der Waals surface area contributed by atoms with Gasteiger partial charge in [0.2, 0.25) is 10.0 Å². The molecule has 1 aromatic heterocycles. The Morgan fingerprint density at radius 1 is 1.19 bits per heavy atom. The van der Waals surface area contributed by atoms with E-state index in [1.54, 1.807) is 31.6 Å². The van der Waals surface area contributed by atoms with E-state index in [9.17, 15) is 12.8 Å². The van der Waals surface area contributed by atoms with Crippen LogP contribution in [0, 0.1) is 12.7 Å². The van der Waals surface area contributed by atoms with E-state index in [4.69, 9.17) is 4.74 Å². The van der Waals surface area contributed by atoms with Gasteiger partial charge in [0.05, 0.1) is 29.7 Å². The van der Waals surface area contributed by atoms with Crippen molar-refractivity contribution in [1.29, 1.82) is 0 Å². The molecule has 0 N–H and O–H groups in total. The Morgan fingerprint density at radius 2 is 1.94 bits per heavy atom. The molecule has 1 aliphatic heterocycles. The first-order chi connectivity index (χ1) is 14.8. The minimum atomic E-state index is -3.62. The third-order valence-electron chi connectivity index (χ3n) is 5.52. The van der Waals surface area contributed by atoms with Crippen LogP contribution >= 0.6 is 0 Å². The first-order valence-corrected chi connectivity index (χ1v) is 11.4. The van der Waals surface area contributed by atoms with E-state index < -0.39 is 10.0 Å². The molecule has 1 atom stereocenters. The molecule has 0 radical (unpaired) electrons. The molecule has 2 heterocycles. The molecular formula is C23H24FN3O3S. The number of methoxy groups -OCH3 is 1. The third kappa shape index (κ3) is 4.13. The van der Waals surface area contributed by atoms with Gasteiger partial charge in [0.1, 0.15) is 11.6 Å². The highest BCUT2D eigenvalue weighted by Gasteiger charge is 2.37. The molecule has 31 heavy (non-hydrogen) atoms. The van der Waals surface area contributed by atoms with Gasteiger partial charge in [-0.3, -0.25) is 0 Å². The second-order valence-corrected chi connectivity index (χ2v) is 9.50. The largest absolute Gasteiger partial charge is 0.495 e. The van der Waals surface area contributed by atoms with Crippen LogP contribution in [0.2, 0.25) is 0 Å². The van der Waals surface area contributed by atoms with Crippen LogP contribution < -0.4 is 4.74 Å². The molecule has 162 valence electrons. The van der Waals surface area contributed by atoms with E-state index in [1.807, 2.05) is 42.8 Å². The summed E-state index contributed by atoms with van der Waals surface area (Å²) in [4.78, 5) is 4.59. The number of benzene rings is 2. The second-order valence-electron chi connectivity index (χ2n) is 7.56. The van der Waals surface area contributed by atoms with Crippen molar-refractivity contribution in [2.45, 2.75) is 26.3 Å². The molecule has 0 aliphatic carbocycles.